The van der Waals surface area contributed by atoms with Crippen LogP contribution in [0.15, 0.2) is 23.2 Å². The van der Waals surface area contributed by atoms with Crippen molar-refractivity contribution in [2.24, 2.45) is 10.4 Å². The molecule has 0 saturated carbocycles. The third-order valence-corrected chi connectivity index (χ3v) is 4.33. The Hall–Kier alpha value is -1.91. The lowest BCUT2D eigenvalue weighted by Gasteiger charge is -2.23. The maximum Gasteiger partial charge on any atom is 0.193 e. The molecular weight excluding hydrogens is 290 g/mol. The molecule has 0 aromatic heterocycles. The van der Waals surface area contributed by atoms with Gasteiger partial charge in [-0.3, -0.25) is 4.99 Å². The van der Waals surface area contributed by atoms with Gasteiger partial charge in [0.25, 0.3) is 0 Å². The molecule has 1 aromatic rings. The Morgan fingerprint density at radius 2 is 2.00 bits per heavy atom. The fourth-order valence-corrected chi connectivity index (χ4v) is 2.98. The Kier molecular flexibility index (Phi) is 5.74. The quantitative estimate of drug-likeness (QED) is 0.669. The average molecular weight is 319 g/mol. The number of likely N-dealkylation sites (tertiary alicyclic amines) is 1. The van der Waals surface area contributed by atoms with Crippen molar-refractivity contribution >= 4 is 5.96 Å². The van der Waals surface area contributed by atoms with Crippen molar-refractivity contribution in [2.45, 2.75) is 26.7 Å². The molecule has 2 rings (SSSR count). The standard InChI is InChI=1S/C18H29N3O2/c1-18(2)9-11-21(13-18)17(19-3)20-10-8-14-6-7-15(22-4)16(12-14)23-5/h6-7,12H,8-11,13H2,1-5H3,(H,19,20). The summed E-state index contributed by atoms with van der Waals surface area (Å²) in [5.74, 6) is 2.53. The van der Waals surface area contributed by atoms with E-state index < -0.39 is 0 Å². The molecule has 1 fully saturated rings. The molecule has 5 heteroatoms. The molecule has 0 aliphatic carbocycles. The number of benzene rings is 1. The number of nitrogens with zero attached hydrogens (tertiary/aromatic N) is 2. The molecule has 0 atom stereocenters. The summed E-state index contributed by atoms with van der Waals surface area (Å²) in [6.45, 7) is 7.60. The number of aliphatic imine (C=N–C) groups is 1. The van der Waals surface area contributed by atoms with E-state index in [1.807, 2.05) is 19.2 Å². The second-order valence-corrected chi connectivity index (χ2v) is 6.75. The highest BCUT2D eigenvalue weighted by Crippen LogP contribution is 2.29. The van der Waals surface area contributed by atoms with Gasteiger partial charge in [-0.25, -0.2) is 0 Å². The maximum atomic E-state index is 5.35. The van der Waals surface area contributed by atoms with Gasteiger partial charge in [0.05, 0.1) is 14.2 Å². The fraction of sp³-hybridized carbons (Fsp3) is 0.611. The molecule has 0 unspecified atom stereocenters. The first kappa shape index (κ1) is 17.4. The summed E-state index contributed by atoms with van der Waals surface area (Å²) >= 11 is 0. The van der Waals surface area contributed by atoms with E-state index in [1.54, 1.807) is 14.2 Å². The SMILES string of the molecule is CN=C(NCCc1ccc(OC)c(OC)c1)N1CCC(C)(C)C1. The van der Waals surface area contributed by atoms with Crippen LogP contribution in [0.3, 0.4) is 0 Å². The van der Waals surface area contributed by atoms with Gasteiger partial charge >= 0.3 is 0 Å². The molecular formula is C18H29N3O2. The van der Waals surface area contributed by atoms with Crippen LogP contribution >= 0.6 is 0 Å². The zero-order valence-electron chi connectivity index (χ0n) is 15.0. The summed E-state index contributed by atoms with van der Waals surface area (Å²) in [6, 6.07) is 6.05. The lowest BCUT2D eigenvalue weighted by Crippen LogP contribution is -2.41. The van der Waals surface area contributed by atoms with Crippen molar-refractivity contribution in [2.75, 3.05) is 40.9 Å². The van der Waals surface area contributed by atoms with Crippen molar-refractivity contribution in [1.82, 2.24) is 10.2 Å². The smallest absolute Gasteiger partial charge is 0.193 e. The third kappa shape index (κ3) is 4.53. The molecule has 0 spiro atoms. The predicted octanol–water partition coefficient (Wildman–Crippen LogP) is 2.55. The minimum Gasteiger partial charge on any atom is -0.493 e. The zero-order chi connectivity index (χ0) is 16.9. The molecule has 5 nitrogen and oxygen atoms in total. The second-order valence-electron chi connectivity index (χ2n) is 6.75. The van der Waals surface area contributed by atoms with Gasteiger partial charge in [0.15, 0.2) is 17.5 Å². The molecule has 0 amide bonds. The van der Waals surface area contributed by atoms with E-state index in [0.29, 0.717) is 5.41 Å². The lowest BCUT2D eigenvalue weighted by molar-refractivity contribution is 0.354. The van der Waals surface area contributed by atoms with E-state index in [2.05, 4.69) is 35.1 Å². The summed E-state index contributed by atoms with van der Waals surface area (Å²) in [5, 5.41) is 3.47. The minimum atomic E-state index is 0.376. The highest BCUT2D eigenvalue weighted by Gasteiger charge is 2.30. The molecule has 1 aliphatic rings. The molecule has 0 bridgehead atoms. The summed E-state index contributed by atoms with van der Waals surface area (Å²) in [7, 11) is 5.17. The summed E-state index contributed by atoms with van der Waals surface area (Å²) in [4.78, 5) is 6.76. The van der Waals surface area contributed by atoms with Crippen molar-refractivity contribution in [1.29, 1.82) is 0 Å². The van der Waals surface area contributed by atoms with Crippen molar-refractivity contribution in [3.8, 4) is 11.5 Å². The van der Waals surface area contributed by atoms with E-state index in [1.165, 1.54) is 12.0 Å². The van der Waals surface area contributed by atoms with Gasteiger partial charge in [-0.05, 0) is 36.0 Å². The molecule has 1 heterocycles. The van der Waals surface area contributed by atoms with E-state index in [-0.39, 0.29) is 0 Å². The number of hydrogen-bond acceptors (Lipinski definition) is 3. The normalized spacial score (nSPS) is 17.3. The molecule has 1 aliphatic heterocycles. The second kappa shape index (κ2) is 7.57. The maximum absolute atomic E-state index is 5.35. The van der Waals surface area contributed by atoms with Gasteiger partial charge in [0, 0.05) is 26.7 Å². The topological polar surface area (TPSA) is 46.1 Å². The van der Waals surface area contributed by atoms with Crippen molar-refractivity contribution in [3.05, 3.63) is 23.8 Å². The number of ether oxygens (including phenoxy) is 2. The number of methoxy groups -OCH3 is 2. The van der Waals surface area contributed by atoms with Crippen LogP contribution in [0.25, 0.3) is 0 Å². The molecule has 1 saturated heterocycles. The van der Waals surface area contributed by atoms with Crippen LogP contribution in [0.4, 0.5) is 0 Å². The Labute approximate surface area is 139 Å². The predicted molar refractivity (Wildman–Crippen MR) is 94.6 cm³/mol. The van der Waals surface area contributed by atoms with Gasteiger partial charge in [0.2, 0.25) is 0 Å². The van der Waals surface area contributed by atoms with Gasteiger partial charge in [-0.15, -0.1) is 0 Å². The number of rotatable bonds is 5. The number of nitrogens with one attached hydrogen (secondary N) is 1. The summed E-state index contributed by atoms with van der Waals surface area (Å²) < 4.78 is 10.6. The van der Waals surface area contributed by atoms with Crippen LogP contribution in [-0.2, 0) is 6.42 Å². The minimum absolute atomic E-state index is 0.376. The van der Waals surface area contributed by atoms with E-state index >= 15 is 0 Å². The fourth-order valence-electron chi connectivity index (χ4n) is 2.98. The molecule has 1 aromatic carbocycles. The highest BCUT2D eigenvalue weighted by atomic mass is 16.5. The highest BCUT2D eigenvalue weighted by molar-refractivity contribution is 5.80. The van der Waals surface area contributed by atoms with Gasteiger partial charge < -0.3 is 19.7 Å². The number of guanidine groups is 1. The summed E-state index contributed by atoms with van der Waals surface area (Å²) in [5.41, 5.74) is 1.59. The Morgan fingerprint density at radius 3 is 2.57 bits per heavy atom. The number of hydrogen-bond donors (Lipinski definition) is 1. The van der Waals surface area contributed by atoms with E-state index in [9.17, 15) is 0 Å². The Morgan fingerprint density at radius 1 is 1.26 bits per heavy atom. The Balaban J connectivity index is 1.89. The lowest BCUT2D eigenvalue weighted by atomic mass is 9.93. The monoisotopic (exact) mass is 319 g/mol. The van der Waals surface area contributed by atoms with Crippen LogP contribution in [-0.4, -0.2) is 51.8 Å². The van der Waals surface area contributed by atoms with Gasteiger partial charge in [-0.2, -0.15) is 0 Å². The summed E-state index contributed by atoms with van der Waals surface area (Å²) in [6.07, 6.45) is 2.12. The molecule has 0 radical (unpaired) electrons. The van der Waals surface area contributed by atoms with E-state index in [4.69, 9.17) is 9.47 Å². The molecule has 1 N–H and O–H groups in total. The molecule has 23 heavy (non-hydrogen) atoms. The van der Waals surface area contributed by atoms with E-state index in [0.717, 1.165) is 43.5 Å². The zero-order valence-corrected chi connectivity index (χ0v) is 15.0. The first-order valence-corrected chi connectivity index (χ1v) is 8.15. The Bertz CT molecular complexity index is 555. The van der Waals surface area contributed by atoms with Crippen molar-refractivity contribution < 1.29 is 9.47 Å². The molecule has 128 valence electrons. The van der Waals surface area contributed by atoms with Crippen molar-refractivity contribution in [3.63, 3.8) is 0 Å². The van der Waals surface area contributed by atoms with Gasteiger partial charge in [0.1, 0.15) is 0 Å². The first-order valence-electron chi connectivity index (χ1n) is 8.15. The van der Waals surface area contributed by atoms with Gasteiger partial charge in [-0.1, -0.05) is 19.9 Å². The largest absolute Gasteiger partial charge is 0.493 e. The van der Waals surface area contributed by atoms with Crippen LogP contribution in [0.1, 0.15) is 25.8 Å². The average Bonchev–Trinajstić information content (AvgIpc) is 2.91. The van der Waals surface area contributed by atoms with Crippen LogP contribution in [0, 0.1) is 5.41 Å². The van der Waals surface area contributed by atoms with Crippen LogP contribution < -0.4 is 14.8 Å². The third-order valence-electron chi connectivity index (χ3n) is 4.33. The van der Waals surface area contributed by atoms with Crippen LogP contribution in [0.5, 0.6) is 11.5 Å². The van der Waals surface area contributed by atoms with Crippen LogP contribution in [0.2, 0.25) is 0 Å². The first-order chi connectivity index (χ1) is 11.0.